The fourth-order valence-corrected chi connectivity index (χ4v) is 1.64. The third kappa shape index (κ3) is 2.69. The number of morpholine rings is 1. The van der Waals surface area contributed by atoms with E-state index in [2.05, 4.69) is 10.4 Å². The molecule has 0 unspecified atom stereocenters. The molecule has 1 aliphatic heterocycles. The van der Waals surface area contributed by atoms with E-state index in [1.165, 1.54) is 0 Å². The van der Waals surface area contributed by atoms with Crippen molar-refractivity contribution < 1.29 is 9.53 Å². The second kappa shape index (κ2) is 5.25. The number of ether oxygens (including phenoxy) is 1. The SMILES string of the molecule is O=C(NN1CCOCC1)c1cccnc1Cl. The minimum atomic E-state index is -0.236. The first-order chi connectivity index (χ1) is 7.77. The number of rotatable bonds is 2. The summed E-state index contributed by atoms with van der Waals surface area (Å²) in [5, 5.41) is 2.03. The molecule has 86 valence electrons. The zero-order valence-corrected chi connectivity index (χ0v) is 9.41. The zero-order chi connectivity index (χ0) is 11.4. The number of halogens is 1. The number of nitrogens with zero attached hydrogens (tertiary/aromatic N) is 2. The van der Waals surface area contributed by atoms with E-state index in [0.717, 1.165) is 0 Å². The van der Waals surface area contributed by atoms with E-state index < -0.39 is 0 Å². The molecule has 1 aromatic rings. The Hall–Kier alpha value is -1.17. The number of carbonyl (C=O) groups is 1. The van der Waals surface area contributed by atoms with Crippen LogP contribution < -0.4 is 5.43 Å². The number of aromatic nitrogens is 1. The van der Waals surface area contributed by atoms with E-state index >= 15 is 0 Å². The molecule has 1 N–H and O–H groups in total. The summed E-state index contributed by atoms with van der Waals surface area (Å²) in [5.41, 5.74) is 3.15. The van der Waals surface area contributed by atoms with E-state index in [-0.39, 0.29) is 11.1 Å². The fraction of sp³-hybridized carbons (Fsp3) is 0.400. The number of amides is 1. The molecule has 0 radical (unpaired) electrons. The van der Waals surface area contributed by atoms with Crippen LogP contribution in [-0.2, 0) is 4.74 Å². The predicted molar refractivity (Wildman–Crippen MR) is 59.1 cm³/mol. The smallest absolute Gasteiger partial charge is 0.268 e. The Kier molecular flexibility index (Phi) is 3.71. The van der Waals surface area contributed by atoms with Crippen molar-refractivity contribution in [2.45, 2.75) is 0 Å². The highest BCUT2D eigenvalue weighted by Crippen LogP contribution is 2.11. The van der Waals surface area contributed by atoms with Crippen LogP contribution in [0, 0.1) is 0 Å². The van der Waals surface area contributed by atoms with Crippen LogP contribution in [0.15, 0.2) is 18.3 Å². The Balaban J connectivity index is 2.00. The summed E-state index contributed by atoms with van der Waals surface area (Å²) in [5.74, 6) is -0.236. The second-order valence-corrected chi connectivity index (χ2v) is 3.74. The summed E-state index contributed by atoms with van der Waals surface area (Å²) in [7, 11) is 0. The van der Waals surface area contributed by atoms with E-state index in [0.29, 0.717) is 31.9 Å². The van der Waals surface area contributed by atoms with Gasteiger partial charge in [-0.05, 0) is 12.1 Å². The van der Waals surface area contributed by atoms with Gasteiger partial charge in [0.2, 0.25) is 0 Å². The van der Waals surface area contributed by atoms with Crippen LogP contribution in [0.25, 0.3) is 0 Å². The predicted octanol–water partition coefficient (Wildman–Crippen LogP) is 0.712. The van der Waals surface area contributed by atoms with Crippen LogP contribution in [0.3, 0.4) is 0 Å². The van der Waals surface area contributed by atoms with Gasteiger partial charge in [-0.3, -0.25) is 10.2 Å². The number of nitrogens with one attached hydrogen (secondary N) is 1. The van der Waals surface area contributed by atoms with Crippen molar-refractivity contribution in [2.75, 3.05) is 26.3 Å². The molecule has 1 saturated heterocycles. The van der Waals surface area contributed by atoms with Crippen LogP contribution in [0.1, 0.15) is 10.4 Å². The molecular weight excluding hydrogens is 230 g/mol. The van der Waals surface area contributed by atoms with E-state index in [4.69, 9.17) is 16.3 Å². The Morgan fingerprint density at radius 1 is 1.50 bits per heavy atom. The van der Waals surface area contributed by atoms with Gasteiger partial charge >= 0.3 is 0 Å². The summed E-state index contributed by atoms with van der Waals surface area (Å²) in [6.45, 7) is 2.62. The minimum absolute atomic E-state index is 0.216. The zero-order valence-electron chi connectivity index (χ0n) is 8.65. The van der Waals surface area contributed by atoms with Gasteiger partial charge in [0.1, 0.15) is 5.15 Å². The highest BCUT2D eigenvalue weighted by atomic mass is 35.5. The Labute approximate surface area is 98.3 Å². The maximum Gasteiger partial charge on any atom is 0.268 e. The molecule has 0 saturated carbocycles. The van der Waals surface area contributed by atoms with Crippen LogP contribution in [0.2, 0.25) is 5.15 Å². The summed E-state index contributed by atoms with van der Waals surface area (Å²) in [6, 6.07) is 3.32. The number of hydrogen-bond acceptors (Lipinski definition) is 4. The van der Waals surface area contributed by atoms with Crippen molar-refractivity contribution in [3.05, 3.63) is 29.0 Å². The highest BCUT2D eigenvalue weighted by molar-refractivity contribution is 6.32. The largest absolute Gasteiger partial charge is 0.379 e. The summed E-state index contributed by atoms with van der Waals surface area (Å²) >= 11 is 5.82. The van der Waals surface area contributed by atoms with Crippen LogP contribution >= 0.6 is 11.6 Å². The lowest BCUT2D eigenvalue weighted by Crippen LogP contribution is -2.48. The van der Waals surface area contributed by atoms with Gasteiger partial charge in [-0.2, -0.15) is 0 Å². The topological polar surface area (TPSA) is 54.5 Å². The van der Waals surface area contributed by atoms with Crippen molar-refractivity contribution in [1.82, 2.24) is 15.4 Å². The molecule has 0 atom stereocenters. The lowest BCUT2D eigenvalue weighted by Gasteiger charge is -2.26. The lowest BCUT2D eigenvalue weighted by molar-refractivity contribution is 0.0126. The van der Waals surface area contributed by atoms with Crippen molar-refractivity contribution in [2.24, 2.45) is 0 Å². The number of hydrazine groups is 1. The first-order valence-corrected chi connectivity index (χ1v) is 5.39. The van der Waals surface area contributed by atoms with Crippen LogP contribution in [0.4, 0.5) is 0 Å². The van der Waals surface area contributed by atoms with Gasteiger partial charge in [-0.1, -0.05) is 11.6 Å². The molecule has 2 heterocycles. The van der Waals surface area contributed by atoms with E-state index in [1.807, 2.05) is 5.01 Å². The maximum atomic E-state index is 11.8. The molecule has 0 bridgehead atoms. The highest BCUT2D eigenvalue weighted by Gasteiger charge is 2.16. The third-order valence-corrected chi connectivity index (χ3v) is 2.58. The van der Waals surface area contributed by atoms with Gasteiger partial charge in [-0.15, -0.1) is 0 Å². The van der Waals surface area contributed by atoms with Crippen molar-refractivity contribution in [3.8, 4) is 0 Å². The summed E-state index contributed by atoms with van der Waals surface area (Å²) < 4.78 is 5.18. The van der Waals surface area contributed by atoms with E-state index in [1.54, 1.807) is 18.3 Å². The summed E-state index contributed by atoms with van der Waals surface area (Å²) in [6.07, 6.45) is 1.55. The van der Waals surface area contributed by atoms with Gasteiger partial charge in [0.05, 0.1) is 18.8 Å². The van der Waals surface area contributed by atoms with Crippen molar-refractivity contribution >= 4 is 17.5 Å². The van der Waals surface area contributed by atoms with Gasteiger partial charge in [0, 0.05) is 19.3 Å². The van der Waals surface area contributed by atoms with Crippen molar-refractivity contribution in [1.29, 1.82) is 0 Å². The maximum absolute atomic E-state index is 11.8. The molecule has 6 heteroatoms. The van der Waals surface area contributed by atoms with Gasteiger partial charge in [-0.25, -0.2) is 9.99 Å². The molecule has 1 aromatic heterocycles. The quantitative estimate of drug-likeness (QED) is 0.775. The second-order valence-electron chi connectivity index (χ2n) is 3.38. The minimum Gasteiger partial charge on any atom is -0.379 e. The number of pyridine rings is 1. The van der Waals surface area contributed by atoms with Gasteiger partial charge in [0.15, 0.2) is 0 Å². The lowest BCUT2D eigenvalue weighted by atomic mass is 10.3. The molecule has 5 nitrogen and oxygen atoms in total. The normalized spacial score (nSPS) is 17.1. The number of carbonyl (C=O) groups excluding carboxylic acids is 1. The third-order valence-electron chi connectivity index (χ3n) is 2.27. The molecular formula is C10H12ClN3O2. The molecule has 1 aliphatic rings. The van der Waals surface area contributed by atoms with E-state index in [9.17, 15) is 4.79 Å². The molecule has 2 rings (SSSR count). The Morgan fingerprint density at radius 2 is 2.25 bits per heavy atom. The molecule has 1 fully saturated rings. The van der Waals surface area contributed by atoms with Crippen molar-refractivity contribution in [3.63, 3.8) is 0 Å². The Morgan fingerprint density at radius 3 is 2.94 bits per heavy atom. The number of hydrogen-bond donors (Lipinski definition) is 1. The first kappa shape index (κ1) is 11.3. The average molecular weight is 242 g/mol. The average Bonchev–Trinajstić information content (AvgIpc) is 2.31. The molecule has 16 heavy (non-hydrogen) atoms. The molecule has 0 aliphatic carbocycles. The standard InChI is InChI=1S/C10H12ClN3O2/c11-9-8(2-1-3-12-9)10(15)13-14-4-6-16-7-5-14/h1-3H,4-7H2,(H,13,15). The van der Waals surface area contributed by atoms with Crippen LogP contribution in [0.5, 0.6) is 0 Å². The monoisotopic (exact) mass is 241 g/mol. The molecule has 1 amide bonds. The molecule has 0 spiro atoms. The van der Waals surface area contributed by atoms with Gasteiger partial charge < -0.3 is 4.74 Å². The summed E-state index contributed by atoms with van der Waals surface area (Å²) in [4.78, 5) is 15.7. The fourth-order valence-electron chi connectivity index (χ4n) is 1.43. The Bertz CT molecular complexity index is 380. The van der Waals surface area contributed by atoms with Crippen LogP contribution in [-0.4, -0.2) is 42.2 Å². The molecule has 0 aromatic carbocycles. The van der Waals surface area contributed by atoms with Gasteiger partial charge in [0.25, 0.3) is 5.91 Å². The first-order valence-electron chi connectivity index (χ1n) is 5.01.